The highest BCUT2D eigenvalue weighted by atomic mass is 16.3. The zero-order valence-electron chi connectivity index (χ0n) is 13.9. The van der Waals surface area contributed by atoms with Crippen LogP contribution in [0.4, 0.5) is 0 Å². The normalized spacial score (nSPS) is 21.8. The quantitative estimate of drug-likeness (QED) is 0.708. The minimum absolute atomic E-state index is 0.116. The Balaban J connectivity index is 2.32. The molecule has 1 saturated heterocycles. The lowest BCUT2D eigenvalue weighted by Gasteiger charge is -2.34. The number of allylic oxidation sites excluding steroid dienone is 1. The first-order valence-electron chi connectivity index (χ1n) is 8.12. The molecular weight excluding hydrogens is 264 g/mol. The van der Waals surface area contributed by atoms with Gasteiger partial charge in [0, 0.05) is 25.0 Å². The SMILES string of the molecule is C=CCCC(O)CN1CCCC(CNC(=O)C(C)(C)C)C1. The van der Waals surface area contributed by atoms with Gasteiger partial charge in [0.15, 0.2) is 0 Å². The largest absolute Gasteiger partial charge is 0.392 e. The summed E-state index contributed by atoms with van der Waals surface area (Å²) in [6, 6.07) is 0. The fourth-order valence-corrected chi connectivity index (χ4v) is 2.69. The predicted molar refractivity (Wildman–Crippen MR) is 87.1 cm³/mol. The van der Waals surface area contributed by atoms with E-state index in [1.165, 1.54) is 0 Å². The highest BCUT2D eigenvalue weighted by Gasteiger charge is 2.25. The standard InChI is InChI=1S/C17H32N2O2/c1-5-6-9-15(20)13-19-10-7-8-14(12-19)11-18-16(21)17(2,3)4/h5,14-15,20H,1,6-13H2,2-4H3,(H,18,21). The molecule has 1 rings (SSSR count). The van der Waals surface area contributed by atoms with Gasteiger partial charge in [0.2, 0.25) is 5.91 Å². The monoisotopic (exact) mass is 296 g/mol. The maximum absolute atomic E-state index is 11.9. The van der Waals surface area contributed by atoms with Gasteiger partial charge in [-0.15, -0.1) is 6.58 Å². The summed E-state index contributed by atoms with van der Waals surface area (Å²) in [6.07, 6.45) is 5.52. The second-order valence-corrected chi connectivity index (χ2v) is 7.25. The average Bonchev–Trinajstić information content (AvgIpc) is 2.42. The van der Waals surface area contributed by atoms with Crippen molar-refractivity contribution in [2.45, 2.75) is 52.6 Å². The van der Waals surface area contributed by atoms with Gasteiger partial charge in [-0.25, -0.2) is 0 Å². The third-order valence-electron chi connectivity index (χ3n) is 4.01. The van der Waals surface area contributed by atoms with Crippen molar-refractivity contribution in [3.8, 4) is 0 Å². The molecule has 21 heavy (non-hydrogen) atoms. The lowest BCUT2D eigenvalue weighted by molar-refractivity contribution is -0.128. The first-order valence-corrected chi connectivity index (χ1v) is 8.12. The van der Waals surface area contributed by atoms with E-state index in [4.69, 9.17) is 0 Å². The molecular formula is C17H32N2O2. The molecule has 0 aromatic rings. The van der Waals surface area contributed by atoms with Crippen LogP contribution >= 0.6 is 0 Å². The number of carbonyl (C=O) groups is 1. The number of β-amino-alcohol motifs (C(OH)–C–C–N with tert-alkyl or cyclic N) is 1. The van der Waals surface area contributed by atoms with E-state index in [1.54, 1.807) is 0 Å². The van der Waals surface area contributed by atoms with Crippen LogP contribution in [0.3, 0.4) is 0 Å². The Morgan fingerprint density at radius 2 is 2.24 bits per heavy atom. The zero-order valence-corrected chi connectivity index (χ0v) is 13.9. The molecule has 1 aliphatic heterocycles. The van der Waals surface area contributed by atoms with E-state index in [9.17, 15) is 9.90 Å². The number of aliphatic hydroxyl groups excluding tert-OH is 1. The molecule has 122 valence electrons. The molecule has 0 spiro atoms. The van der Waals surface area contributed by atoms with Crippen LogP contribution in [0.15, 0.2) is 12.7 Å². The summed E-state index contributed by atoms with van der Waals surface area (Å²) in [7, 11) is 0. The first-order chi connectivity index (χ1) is 9.82. The number of piperidine rings is 1. The Kier molecular flexibility index (Phi) is 7.40. The molecule has 1 aliphatic rings. The highest BCUT2D eigenvalue weighted by molar-refractivity contribution is 5.81. The second-order valence-electron chi connectivity index (χ2n) is 7.25. The van der Waals surface area contributed by atoms with Crippen molar-refractivity contribution in [1.29, 1.82) is 0 Å². The van der Waals surface area contributed by atoms with Crippen LogP contribution < -0.4 is 5.32 Å². The van der Waals surface area contributed by atoms with Crippen molar-refractivity contribution in [2.24, 2.45) is 11.3 Å². The van der Waals surface area contributed by atoms with Crippen molar-refractivity contribution in [3.05, 3.63) is 12.7 Å². The predicted octanol–water partition coefficient (Wildman–Crippen LogP) is 2.19. The van der Waals surface area contributed by atoms with Gasteiger partial charge >= 0.3 is 0 Å². The van der Waals surface area contributed by atoms with Crippen molar-refractivity contribution < 1.29 is 9.90 Å². The number of aliphatic hydroxyl groups is 1. The third kappa shape index (κ3) is 7.09. The van der Waals surface area contributed by atoms with Gasteiger partial charge in [-0.1, -0.05) is 26.8 Å². The van der Waals surface area contributed by atoms with Gasteiger partial charge in [0.05, 0.1) is 6.10 Å². The van der Waals surface area contributed by atoms with Crippen molar-refractivity contribution in [2.75, 3.05) is 26.2 Å². The molecule has 0 bridgehead atoms. The lowest BCUT2D eigenvalue weighted by Crippen LogP contribution is -2.45. The smallest absolute Gasteiger partial charge is 0.225 e. The summed E-state index contributed by atoms with van der Waals surface area (Å²) < 4.78 is 0. The molecule has 4 heteroatoms. The van der Waals surface area contributed by atoms with E-state index in [0.29, 0.717) is 5.92 Å². The molecule has 0 radical (unpaired) electrons. The summed E-state index contributed by atoms with van der Waals surface area (Å²) in [6.45, 7) is 13.0. The van der Waals surface area contributed by atoms with Crippen LogP contribution in [-0.2, 0) is 4.79 Å². The van der Waals surface area contributed by atoms with Gasteiger partial charge in [-0.2, -0.15) is 0 Å². The van der Waals surface area contributed by atoms with Crippen molar-refractivity contribution in [1.82, 2.24) is 10.2 Å². The molecule has 1 fully saturated rings. The van der Waals surface area contributed by atoms with Gasteiger partial charge in [-0.05, 0) is 38.1 Å². The van der Waals surface area contributed by atoms with E-state index < -0.39 is 0 Å². The summed E-state index contributed by atoms with van der Waals surface area (Å²) in [5.41, 5.74) is -0.324. The summed E-state index contributed by atoms with van der Waals surface area (Å²) in [5, 5.41) is 13.0. The minimum atomic E-state index is -0.324. The Morgan fingerprint density at radius 1 is 1.52 bits per heavy atom. The number of carbonyl (C=O) groups excluding carboxylic acids is 1. The van der Waals surface area contributed by atoms with E-state index in [0.717, 1.165) is 51.9 Å². The summed E-state index contributed by atoms with van der Waals surface area (Å²) in [4.78, 5) is 14.2. The summed E-state index contributed by atoms with van der Waals surface area (Å²) in [5.74, 6) is 0.613. The van der Waals surface area contributed by atoms with E-state index in [2.05, 4.69) is 16.8 Å². The molecule has 1 heterocycles. The molecule has 1 amide bonds. The van der Waals surface area contributed by atoms with Gasteiger partial charge in [0.1, 0.15) is 0 Å². The Bertz CT molecular complexity index is 336. The molecule has 2 N–H and O–H groups in total. The van der Waals surface area contributed by atoms with Crippen LogP contribution in [0.25, 0.3) is 0 Å². The maximum Gasteiger partial charge on any atom is 0.225 e. The maximum atomic E-state index is 11.9. The highest BCUT2D eigenvalue weighted by Crippen LogP contribution is 2.18. The number of amides is 1. The van der Waals surface area contributed by atoms with E-state index in [1.807, 2.05) is 26.8 Å². The molecule has 4 nitrogen and oxygen atoms in total. The number of hydrogen-bond donors (Lipinski definition) is 2. The molecule has 0 aliphatic carbocycles. The first kappa shape index (κ1) is 18.2. The lowest BCUT2D eigenvalue weighted by atomic mass is 9.94. The fraction of sp³-hybridized carbons (Fsp3) is 0.824. The van der Waals surface area contributed by atoms with Crippen LogP contribution in [0, 0.1) is 11.3 Å². The minimum Gasteiger partial charge on any atom is -0.392 e. The third-order valence-corrected chi connectivity index (χ3v) is 4.01. The van der Waals surface area contributed by atoms with Crippen molar-refractivity contribution >= 4 is 5.91 Å². The van der Waals surface area contributed by atoms with Crippen LogP contribution in [0.2, 0.25) is 0 Å². The van der Waals surface area contributed by atoms with Crippen LogP contribution in [-0.4, -0.2) is 48.2 Å². The number of rotatable bonds is 7. The van der Waals surface area contributed by atoms with Crippen LogP contribution in [0.5, 0.6) is 0 Å². The molecule has 2 unspecified atom stereocenters. The van der Waals surface area contributed by atoms with E-state index >= 15 is 0 Å². The van der Waals surface area contributed by atoms with Gasteiger partial charge < -0.3 is 15.3 Å². The van der Waals surface area contributed by atoms with E-state index in [-0.39, 0.29) is 17.4 Å². The summed E-state index contributed by atoms with van der Waals surface area (Å²) >= 11 is 0. The topological polar surface area (TPSA) is 52.6 Å². The Morgan fingerprint density at radius 3 is 2.86 bits per heavy atom. The molecule has 0 aromatic carbocycles. The zero-order chi connectivity index (χ0) is 15.9. The van der Waals surface area contributed by atoms with Gasteiger partial charge in [-0.3, -0.25) is 4.79 Å². The molecule has 0 saturated carbocycles. The van der Waals surface area contributed by atoms with Crippen LogP contribution in [0.1, 0.15) is 46.5 Å². The van der Waals surface area contributed by atoms with Crippen molar-refractivity contribution in [3.63, 3.8) is 0 Å². The number of hydrogen-bond acceptors (Lipinski definition) is 3. The second kappa shape index (κ2) is 8.54. The van der Waals surface area contributed by atoms with Gasteiger partial charge in [0.25, 0.3) is 0 Å². The number of likely N-dealkylation sites (tertiary alicyclic amines) is 1. The Hall–Kier alpha value is -0.870. The molecule has 2 atom stereocenters. The fourth-order valence-electron chi connectivity index (χ4n) is 2.69. The average molecular weight is 296 g/mol. The Labute approximate surface area is 129 Å². The molecule has 0 aromatic heterocycles. The number of nitrogens with zero attached hydrogens (tertiary/aromatic N) is 1. The number of nitrogens with one attached hydrogen (secondary N) is 1.